The molecule has 0 amide bonds. The second-order valence-corrected chi connectivity index (χ2v) is 3.41. The van der Waals surface area contributed by atoms with Crippen LogP contribution < -0.4 is 5.32 Å². The molecule has 1 aromatic carbocycles. The van der Waals surface area contributed by atoms with E-state index >= 15 is 0 Å². The zero-order chi connectivity index (χ0) is 8.67. The summed E-state index contributed by atoms with van der Waals surface area (Å²) < 4.78 is 0. The third-order valence-corrected chi connectivity index (χ3v) is 2.59. The summed E-state index contributed by atoms with van der Waals surface area (Å²) in [5.74, 6) is 0. The molecule has 0 aliphatic carbocycles. The van der Waals surface area contributed by atoms with Crippen LogP contribution in [0.3, 0.4) is 0 Å². The SMILES string of the molecule is [CH]1NCCc2[nH]c3ccccc3c21. The van der Waals surface area contributed by atoms with E-state index in [4.69, 9.17) is 0 Å². The number of benzene rings is 1. The van der Waals surface area contributed by atoms with Crippen molar-refractivity contribution in [2.75, 3.05) is 6.54 Å². The fraction of sp³-hybridized carbons (Fsp3) is 0.182. The standard InChI is InChI=1S/C11H11N2/c1-2-4-10-8(3-1)9-7-12-6-5-11(9)13-10/h1-4,7,12-13H,5-6H2. The molecule has 1 aromatic heterocycles. The number of hydrogen-bond acceptors (Lipinski definition) is 1. The Kier molecular flexibility index (Phi) is 1.43. The molecule has 0 unspecified atom stereocenters. The van der Waals surface area contributed by atoms with Crippen LogP contribution in [0, 0.1) is 6.54 Å². The minimum absolute atomic E-state index is 1.04. The third-order valence-electron chi connectivity index (χ3n) is 2.59. The summed E-state index contributed by atoms with van der Waals surface area (Å²) in [7, 11) is 0. The van der Waals surface area contributed by atoms with E-state index in [1.807, 2.05) is 0 Å². The summed E-state index contributed by atoms with van der Waals surface area (Å²) in [4.78, 5) is 3.44. The van der Waals surface area contributed by atoms with Crippen molar-refractivity contribution in [2.45, 2.75) is 6.42 Å². The van der Waals surface area contributed by atoms with E-state index in [0.29, 0.717) is 0 Å². The minimum Gasteiger partial charge on any atom is -0.358 e. The largest absolute Gasteiger partial charge is 0.358 e. The molecular formula is C11H11N2. The van der Waals surface area contributed by atoms with Crippen LogP contribution in [0.1, 0.15) is 11.3 Å². The molecule has 0 spiro atoms. The van der Waals surface area contributed by atoms with Crippen molar-refractivity contribution in [1.82, 2.24) is 10.3 Å². The molecule has 2 heteroatoms. The highest BCUT2D eigenvalue weighted by Gasteiger charge is 2.13. The van der Waals surface area contributed by atoms with Gasteiger partial charge in [-0.05, 0) is 11.6 Å². The number of rotatable bonds is 0. The van der Waals surface area contributed by atoms with Gasteiger partial charge in [-0.3, -0.25) is 0 Å². The van der Waals surface area contributed by atoms with Crippen LogP contribution in [0.25, 0.3) is 10.9 Å². The average Bonchev–Trinajstić information content (AvgIpc) is 2.56. The van der Waals surface area contributed by atoms with Crippen molar-refractivity contribution in [2.24, 2.45) is 0 Å². The Bertz CT molecular complexity index is 442. The van der Waals surface area contributed by atoms with Crippen LogP contribution >= 0.6 is 0 Å². The smallest absolute Gasteiger partial charge is 0.0543 e. The van der Waals surface area contributed by atoms with Crippen LogP contribution in [0.5, 0.6) is 0 Å². The van der Waals surface area contributed by atoms with Gasteiger partial charge in [-0.15, -0.1) is 0 Å². The maximum absolute atomic E-state index is 3.44. The van der Waals surface area contributed by atoms with E-state index < -0.39 is 0 Å². The summed E-state index contributed by atoms with van der Waals surface area (Å²) in [5, 5.41) is 4.60. The van der Waals surface area contributed by atoms with Gasteiger partial charge in [-0.1, -0.05) is 18.2 Å². The number of hydrogen-bond donors (Lipinski definition) is 2. The lowest BCUT2D eigenvalue weighted by Crippen LogP contribution is -2.20. The third kappa shape index (κ3) is 0.988. The van der Waals surface area contributed by atoms with Gasteiger partial charge in [0.1, 0.15) is 0 Å². The Morgan fingerprint density at radius 3 is 3.08 bits per heavy atom. The monoisotopic (exact) mass is 171 g/mol. The van der Waals surface area contributed by atoms with Gasteiger partial charge in [0.15, 0.2) is 0 Å². The molecule has 3 rings (SSSR count). The Morgan fingerprint density at radius 2 is 2.08 bits per heavy atom. The van der Waals surface area contributed by atoms with Crippen LogP contribution in [0.2, 0.25) is 0 Å². The Morgan fingerprint density at radius 1 is 1.15 bits per heavy atom. The molecule has 2 N–H and O–H groups in total. The maximum atomic E-state index is 3.44. The molecule has 13 heavy (non-hydrogen) atoms. The summed E-state index contributed by atoms with van der Waals surface area (Å²) in [6.07, 6.45) is 1.10. The minimum atomic E-state index is 1.04. The predicted octanol–water partition coefficient (Wildman–Crippen LogP) is 1.82. The molecule has 1 radical (unpaired) electrons. The molecule has 65 valence electrons. The second kappa shape index (κ2) is 2.60. The molecule has 0 fully saturated rings. The van der Waals surface area contributed by atoms with Crippen LogP contribution in [0.4, 0.5) is 0 Å². The normalized spacial score (nSPS) is 16.0. The first-order valence-electron chi connectivity index (χ1n) is 4.61. The lowest BCUT2D eigenvalue weighted by Gasteiger charge is -2.11. The van der Waals surface area contributed by atoms with Crippen molar-refractivity contribution < 1.29 is 0 Å². The van der Waals surface area contributed by atoms with Gasteiger partial charge in [0.05, 0.1) is 6.54 Å². The molecule has 0 saturated heterocycles. The quantitative estimate of drug-likeness (QED) is 0.621. The average molecular weight is 171 g/mol. The van der Waals surface area contributed by atoms with Crippen molar-refractivity contribution in [3.63, 3.8) is 0 Å². The Balaban J connectivity index is 2.34. The Hall–Kier alpha value is -1.28. The molecule has 2 aromatic rings. The molecule has 0 atom stereocenters. The highest BCUT2D eigenvalue weighted by Crippen LogP contribution is 2.24. The van der Waals surface area contributed by atoms with Gasteiger partial charge in [0, 0.05) is 29.6 Å². The van der Waals surface area contributed by atoms with Crippen molar-refractivity contribution in [1.29, 1.82) is 0 Å². The molecule has 2 nitrogen and oxygen atoms in total. The summed E-state index contributed by atoms with van der Waals surface area (Å²) in [6.45, 7) is 3.15. The van der Waals surface area contributed by atoms with Crippen molar-refractivity contribution in [3.8, 4) is 0 Å². The van der Waals surface area contributed by atoms with E-state index in [-0.39, 0.29) is 0 Å². The highest BCUT2D eigenvalue weighted by atomic mass is 14.9. The molecule has 2 heterocycles. The van der Waals surface area contributed by atoms with Gasteiger partial charge in [0.25, 0.3) is 0 Å². The van der Waals surface area contributed by atoms with Gasteiger partial charge >= 0.3 is 0 Å². The van der Waals surface area contributed by atoms with Gasteiger partial charge in [-0.2, -0.15) is 0 Å². The van der Waals surface area contributed by atoms with E-state index in [1.165, 1.54) is 22.2 Å². The van der Waals surface area contributed by atoms with Gasteiger partial charge in [0.2, 0.25) is 0 Å². The molecular weight excluding hydrogens is 160 g/mol. The van der Waals surface area contributed by atoms with E-state index in [1.54, 1.807) is 0 Å². The number of aromatic amines is 1. The summed E-state index contributed by atoms with van der Waals surface area (Å²) in [6, 6.07) is 8.44. The summed E-state index contributed by atoms with van der Waals surface area (Å²) in [5.41, 5.74) is 3.94. The van der Waals surface area contributed by atoms with E-state index in [9.17, 15) is 0 Å². The molecule has 1 aliphatic heterocycles. The van der Waals surface area contributed by atoms with Crippen LogP contribution in [0.15, 0.2) is 24.3 Å². The first-order chi connectivity index (χ1) is 6.45. The predicted molar refractivity (Wildman–Crippen MR) is 53.4 cm³/mol. The van der Waals surface area contributed by atoms with Crippen LogP contribution in [-0.2, 0) is 6.42 Å². The van der Waals surface area contributed by atoms with Crippen molar-refractivity contribution >= 4 is 10.9 Å². The number of nitrogens with one attached hydrogen (secondary N) is 2. The second-order valence-electron chi connectivity index (χ2n) is 3.41. The number of para-hydroxylation sites is 1. The lowest BCUT2D eigenvalue weighted by atomic mass is 10.1. The first-order valence-corrected chi connectivity index (χ1v) is 4.61. The Labute approximate surface area is 77.0 Å². The topological polar surface area (TPSA) is 27.8 Å². The van der Waals surface area contributed by atoms with E-state index in [2.05, 4.69) is 41.1 Å². The van der Waals surface area contributed by atoms with Crippen LogP contribution in [-0.4, -0.2) is 11.5 Å². The lowest BCUT2D eigenvalue weighted by molar-refractivity contribution is 0.744. The van der Waals surface area contributed by atoms with Crippen molar-refractivity contribution in [3.05, 3.63) is 42.1 Å². The molecule has 0 saturated carbocycles. The fourth-order valence-electron chi connectivity index (χ4n) is 1.95. The summed E-state index contributed by atoms with van der Waals surface area (Å²) >= 11 is 0. The van der Waals surface area contributed by atoms with E-state index in [0.717, 1.165) is 13.0 Å². The number of fused-ring (bicyclic) bond motifs is 3. The zero-order valence-electron chi connectivity index (χ0n) is 7.30. The maximum Gasteiger partial charge on any atom is 0.0543 e. The number of H-pyrrole nitrogens is 1. The highest BCUT2D eigenvalue weighted by molar-refractivity contribution is 5.86. The molecule has 1 aliphatic rings. The number of aromatic nitrogens is 1. The molecule has 0 bridgehead atoms. The fourth-order valence-corrected chi connectivity index (χ4v) is 1.95. The van der Waals surface area contributed by atoms with Gasteiger partial charge in [-0.25, -0.2) is 0 Å². The first kappa shape index (κ1) is 7.15. The van der Waals surface area contributed by atoms with Gasteiger partial charge < -0.3 is 10.3 Å². The zero-order valence-corrected chi connectivity index (χ0v) is 7.30.